The number of morpholine rings is 1. The van der Waals surface area contributed by atoms with Crippen LogP contribution < -0.4 is 16.0 Å². The summed E-state index contributed by atoms with van der Waals surface area (Å²) < 4.78 is 5.35. The van der Waals surface area contributed by atoms with Gasteiger partial charge in [-0.15, -0.1) is 0 Å². The number of benzene rings is 2. The number of nitrogens with one attached hydrogen (secondary N) is 1. The summed E-state index contributed by atoms with van der Waals surface area (Å²) in [6.45, 7) is 3.31. The fourth-order valence-corrected chi connectivity index (χ4v) is 2.46. The van der Waals surface area contributed by atoms with Crippen molar-refractivity contribution in [1.82, 2.24) is 0 Å². The summed E-state index contributed by atoms with van der Waals surface area (Å²) in [5.41, 5.74) is 8.74. The zero-order valence-electron chi connectivity index (χ0n) is 12.3. The molecule has 1 amide bonds. The van der Waals surface area contributed by atoms with Crippen molar-refractivity contribution >= 4 is 23.0 Å². The van der Waals surface area contributed by atoms with Gasteiger partial charge in [0.25, 0.3) is 5.91 Å². The van der Waals surface area contributed by atoms with Crippen molar-refractivity contribution < 1.29 is 9.53 Å². The lowest BCUT2D eigenvalue weighted by Gasteiger charge is -2.28. The van der Waals surface area contributed by atoms with Gasteiger partial charge in [-0.05, 0) is 42.5 Å². The molecule has 3 rings (SSSR count). The van der Waals surface area contributed by atoms with E-state index in [1.54, 1.807) is 24.3 Å². The Hall–Kier alpha value is -2.53. The minimum absolute atomic E-state index is 0.161. The Morgan fingerprint density at radius 3 is 2.50 bits per heavy atom. The molecular weight excluding hydrogens is 278 g/mol. The van der Waals surface area contributed by atoms with Gasteiger partial charge < -0.3 is 20.7 Å². The zero-order valence-corrected chi connectivity index (χ0v) is 12.3. The molecule has 1 aliphatic heterocycles. The molecule has 0 bridgehead atoms. The van der Waals surface area contributed by atoms with E-state index in [0.29, 0.717) is 11.3 Å². The number of carbonyl (C=O) groups is 1. The zero-order chi connectivity index (χ0) is 15.4. The number of nitrogens with zero attached hydrogens (tertiary/aromatic N) is 1. The lowest BCUT2D eigenvalue weighted by Crippen LogP contribution is -2.36. The van der Waals surface area contributed by atoms with E-state index < -0.39 is 0 Å². The molecule has 0 spiro atoms. The number of nitrogen functional groups attached to an aromatic ring is 1. The van der Waals surface area contributed by atoms with E-state index in [-0.39, 0.29) is 5.91 Å². The molecule has 1 fully saturated rings. The first-order valence-corrected chi connectivity index (χ1v) is 7.32. The third-order valence-electron chi connectivity index (χ3n) is 3.65. The number of amides is 1. The van der Waals surface area contributed by atoms with E-state index in [1.807, 2.05) is 24.3 Å². The average Bonchev–Trinajstić information content (AvgIpc) is 2.56. The van der Waals surface area contributed by atoms with Gasteiger partial charge in [-0.1, -0.05) is 6.07 Å². The second-order valence-corrected chi connectivity index (χ2v) is 5.23. The molecule has 1 aliphatic rings. The van der Waals surface area contributed by atoms with Crippen molar-refractivity contribution in [2.24, 2.45) is 0 Å². The molecule has 0 saturated carbocycles. The van der Waals surface area contributed by atoms with Crippen LogP contribution in [0.5, 0.6) is 0 Å². The summed E-state index contributed by atoms with van der Waals surface area (Å²) >= 11 is 0. The number of ether oxygens (including phenoxy) is 1. The summed E-state index contributed by atoms with van der Waals surface area (Å²) in [6, 6.07) is 14.8. The van der Waals surface area contributed by atoms with E-state index in [0.717, 1.165) is 37.7 Å². The number of rotatable bonds is 3. The van der Waals surface area contributed by atoms with Gasteiger partial charge in [0.1, 0.15) is 0 Å². The first-order chi connectivity index (χ1) is 10.7. The van der Waals surface area contributed by atoms with Crippen LogP contribution in [0.25, 0.3) is 0 Å². The first-order valence-electron chi connectivity index (χ1n) is 7.32. The lowest BCUT2D eigenvalue weighted by molar-refractivity contribution is 0.102. The third-order valence-corrected chi connectivity index (χ3v) is 3.65. The van der Waals surface area contributed by atoms with Crippen LogP contribution in [0.4, 0.5) is 17.1 Å². The maximum atomic E-state index is 12.2. The summed E-state index contributed by atoms with van der Waals surface area (Å²) in [5, 5.41) is 2.88. The summed E-state index contributed by atoms with van der Waals surface area (Å²) in [4.78, 5) is 14.4. The molecule has 3 N–H and O–H groups in total. The molecule has 1 heterocycles. The third kappa shape index (κ3) is 3.38. The molecule has 1 saturated heterocycles. The highest BCUT2D eigenvalue weighted by atomic mass is 16.5. The molecular formula is C17H19N3O2. The molecule has 0 atom stereocenters. The van der Waals surface area contributed by atoms with Gasteiger partial charge in [-0.3, -0.25) is 4.79 Å². The number of carbonyl (C=O) groups excluding carboxylic acids is 1. The predicted octanol–water partition coefficient (Wildman–Crippen LogP) is 2.36. The van der Waals surface area contributed by atoms with Gasteiger partial charge in [-0.2, -0.15) is 0 Å². The van der Waals surface area contributed by atoms with Crippen molar-refractivity contribution in [3.63, 3.8) is 0 Å². The largest absolute Gasteiger partial charge is 0.399 e. The fourth-order valence-electron chi connectivity index (χ4n) is 2.46. The van der Waals surface area contributed by atoms with Crippen LogP contribution in [-0.2, 0) is 4.74 Å². The maximum absolute atomic E-state index is 12.2. The summed E-state index contributed by atoms with van der Waals surface area (Å²) in [5.74, 6) is -0.161. The van der Waals surface area contributed by atoms with E-state index in [1.165, 1.54) is 0 Å². The minimum atomic E-state index is -0.161. The molecule has 22 heavy (non-hydrogen) atoms. The molecule has 0 radical (unpaired) electrons. The Labute approximate surface area is 129 Å². The van der Waals surface area contributed by atoms with Crippen LogP contribution >= 0.6 is 0 Å². The maximum Gasteiger partial charge on any atom is 0.255 e. The van der Waals surface area contributed by atoms with Crippen LogP contribution in [0.3, 0.4) is 0 Å². The van der Waals surface area contributed by atoms with E-state index in [2.05, 4.69) is 10.2 Å². The highest BCUT2D eigenvalue weighted by Crippen LogP contribution is 2.19. The highest BCUT2D eigenvalue weighted by molar-refractivity contribution is 6.04. The smallest absolute Gasteiger partial charge is 0.255 e. The van der Waals surface area contributed by atoms with Crippen molar-refractivity contribution in [2.45, 2.75) is 0 Å². The number of hydrogen-bond acceptors (Lipinski definition) is 4. The lowest BCUT2D eigenvalue weighted by atomic mass is 10.2. The van der Waals surface area contributed by atoms with Gasteiger partial charge in [0, 0.05) is 35.7 Å². The first kappa shape index (κ1) is 14.4. The van der Waals surface area contributed by atoms with Crippen LogP contribution in [0.1, 0.15) is 10.4 Å². The standard InChI is InChI=1S/C17H19N3O2/c18-14-3-1-2-13(12-14)17(21)19-15-4-6-16(7-5-15)20-8-10-22-11-9-20/h1-7,12H,8-11,18H2,(H,19,21). The van der Waals surface area contributed by atoms with Crippen LogP contribution in [0.15, 0.2) is 48.5 Å². The minimum Gasteiger partial charge on any atom is -0.399 e. The average molecular weight is 297 g/mol. The van der Waals surface area contributed by atoms with Crippen LogP contribution in [-0.4, -0.2) is 32.2 Å². The van der Waals surface area contributed by atoms with Gasteiger partial charge >= 0.3 is 0 Å². The molecule has 0 aliphatic carbocycles. The molecule has 0 aromatic heterocycles. The summed E-state index contributed by atoms with van der Waals surface area (Å²) in [7, 11) is 0. The van der Waals surface area contributed by atoms with Gasteiger partial charge in [-0.25, -0.2) is 0 Å². The van der Waals surface area contributed by atoms with E-state index in [4.69, 9.17) is 10.5 Å². The van der Waals surface area contributed by atoms with Crippen molar-refractivity contribution in [1.29, 1.82) is 0 Å². The van der Waals surface area contributed by atoms with Crippen LogP contribution in [0, 0.1) is 0 Å². The number of anilines is 3. The summed E-state index contributed by atoms with van der Waals surface area (Å²) in [6.07, 6.45) is 0. The molecule has 2 aromatic carbocycles. The van der Waals surface area contributed by atoms with Gasteiger partial charge in [0.05, 0.1) is 13.2 Å². The number of nitrogens with two attached hydrogens (primary N) is 1. The predicted molar refractivity (Wildman–Crippen MR) is 88.3 cm³/mol. The Balaban J connectivity index is 1.66. The topological polar surface area (TPSA) is 67.6 Å². The Bertz CT molecular complexity index is 649. The van der Waals surface area contributed by atoms with Crippen molar-refractivity contribution in [3.8, 4) is 0 Å². The SMILES string of the molecule is Nc1cccc(C(=O)Nc2ccc(N3CCOCC3)cc2)c1. The van der Waals surface area contributed by atoms with Gasteiger partial charge in [0.15, 0.2) is 0 Å². The monoisotopic (exact) mass is 297 g/mol. The second kappa shape index (κ2) is 6.49. The Kier molecular flexibility index (Phi) is 4.25. The van der Waals surface area contributed by atoms with Gasteiger partial charge in [0.2, 0.25) is 0 Å². The molecule has 5 heteroatoms. The quantitative estimate of drug-likeness (QED) is 0.853. The van der Waals surface area contributed by atoms with E-state index in [9.17, 15) is 4.79 Å². The molecule has 114 valence electrons. The molecule has 0 unspecified atom stereocenters. The molecule has 2 aromatic rings. The van der Waals surface area contributed by atoms with E-state index >= 15 is 0 Å². The number of hydrogen-bond donors (Lipinski definition) is 2. The normalized spacial score (nSPS) is 14.6. The van der Waals surface area contributed by atoms with Crippen LogP contribution in [0.2, 0.25) is 0 Å². The second-order valence-electron chi connectivity index (χ2n) is 5.23. The Morgan fingerprint density at radius 1 is 1.09 bits per heavy atom. The highest BCUT2D eigenvalue weighted by Gasteiger charge is 2.11. The Morgan fingerprint density at radius 2 is 1.82 bits per heavy atom. The fraction of sp³-hybridized carbons (Fsp3) is 0.235. The molecule has 5 nitrogen and oxygen atoms in total. The van der Waals surface area contributed by atoms with Crippen molar-refractivity contribution in [3.05, 3.63) is 54.1 Å². The van der Waals surface area contributed by atoms with Crippen molar-refractivity contribution in [2.75, 3.05) is 42.3 Å².